The highest BCUT2D eigenvalue weighted by Gasteiger charge is 2.36. The number of hydrogen-bond acceptors (Lipinski definition) is 6. The molecule has 8 heteroatoms. The highest BCUT2D eigenvalue weighted by Crippen LogP contribution is 2.37. The number of aromatic amines is 1. The molecule has 1 amide bonds. The summed E-state index contributed by atoms with van der Waals surface area (Å²) in [7, 11) is 0. The lowest BCUT2D eigenvalue weighted by Crippen LogP contribution is -2.42. The highest BCUT2D eigenvalue weighted by atomic mass is 16.3. The number of hydrogen-bond donors (Lipinski definition) is 4. The molecule has 1 atom stereocenters. The molecule has 0 saturated heterocycles. The third kappa shape index (κ3) is 3.77. The van der Waals surface area contributed by atoms with Crippen molar-refractivity contribution in [3.8, 4) is 0 Å². The number of aromatic nitrogens is 3. The summed E-state index contributed by atoms with van der Waals surface area (Å²) in [5.41, 5.74) is 6.15. The van der Waals surface area contributed by atoms with Crippen LogP contribution in [0.2, 0.25) is 0 Å². The van der Waals surface area contributed by atoms with Crippen LogP contribution >= 0.6 is 0 Å². The van der Waals surface area contributed by atoms with Crippen molar-refractivity contribution >= 4 is 11.9 Å². The number of anilines is 1. The molecule has 0 radical (unpaired) electrons. The number of nitrogens with one attached hydrogen (secondary N) is 2. The molecule has 126 valence electrons. The third-order valence-electron chi connectivity index (χ3n) is 4.10. The van der Waals surface area contributed by atoms with E-state index in [4.69, 9.17) is 5.73 Å². The highest BCUT2D eigenvalue weighted by molar-refractivity contribution is 5.78. The quantitative estimate of drug-likeness (QED) is 0.606. The van der Waals surface area contributed by atoms with Crippen LogP contribution < -0.4 is 16.6 Å². The van der Waals surface area contributed by atoms with Crippen LogP contribution in [0.5, 0.6) is 0 Å². The van der Waals surface area contributed by atoms with Crippen molar-refractivity contribution in [3.63, 3.8) is 0 Å². The van der Waals surface area contributed by atoms with Crippen molar-refractivity contribution in [1.29, 1.82) is 0 Å². The summed E-state index contributed by atoms with van der Waals surface area (Å²) in [6.45, 7) is 0. The van der Waals surface area contributed by atoms with E-state index in [1.807, 2.05) is 12.1 Å². The van der Waals surface area contributed by atoms with E-state index < -0.39 is 5.56 Å². The number of pyridine rings is 1. The van der Waals surface area contributed by atoms with Gasteiger partial charge in [0.05, 0.1) is 30.0 Å². The summed E-state index contributed by atoms with van der Waals surface area (Å²) in [4.78, 5) is 34.3. The number of aliphatic hydroxyl groups excluding tert-OH is 1. The lowest BCUT2D eigenvalue weighted by atomic mass is 9.76. The minimum atomic E-state index is -0.395. The van der Waals surface area contributed by atoms with Crippen LogP contribution in [0, 0.1) is 5.92 Å². The van der Waals surface area contributed by atoms with Gasteiger partial charge in [-0.25, -0.2) is 4.98 Å². The monoisotopic (exact) mass is 329 g/mol. The van der Waals surface area contributed by atoms with E-state index in [1.54, 1.807) is 12.3 Å². The van der Waals surface area contributed by atoms with Crippen LogP contribution in [-0.2, 0) is 11.2 Å². The van der Waals surface area contributed by atoms with Crippen LogP contribution in [-0.4, -0.2) is 32.1 Å². The summed E-state index contributed by atoms with van der Waals surface area (Å²) in [5, 5.41) is 12.5. The molecule has 5 N–H and O–H groups in total. The van der Waals surface area contributed by atoms with Gasteiger partial charge in [-0.1, -0.05) is 6.07 Å². The Balaban J connectivity index is 1.72. The molecule has 2 aromatic heterocycles. The number of nitrogens with two attached hydrogens (primary N) is 1. The number of carbonyl (C=O) groups is 1. The molecule has 3 rings (SSSR count). The van der Waals surface area contributed by atoms with E-state index in [-0.39, 0.29) is 36.3 Å². The molecule has 0 aromatic carbocycles. The van der Waals surface area contributed by atoms with E-state index >= 15 is 0 Å². The van der Waals surface area contributed by atoms with Crippen LogP contribution in [0.1, 0.15) is 30.3 Å². The Morgan fingerprint density at radius 3 is 2.88 bits per heavy atom. The summed E-state index contributed by atoms with van der Waals surface area (Å²) < 4.78 is 0. The molecule has 0 bridgehead atoms. The molecule has 0 spiro atoms. The molecule has 1 aliphatic rings. The maximum atomic E-state index is 12.4. The van der Waals surface area contributed by atoms with Crippen molar-refractivity contribution in [1.82, 2.24) is 20.3 Å². The first-order valence-corrected chi connectivity index (χ1v) is 7.75. The van der Waals surface area contributed by atoms with Gasteiger partial charge < -0.3 is 16.2 Å². The van der Waals surface area contributed by atoms with E-state index in [0.717, 1.165) is 5.69 Å². The normalized spacial score (nSPS) is 20.9. The van der Waals surface area contributed by atoms with Gasteiger partial charge in [-0.2, -0.15) is 0 Å². The Morgan fingerprint density at radius 1 is 1.46 bits per heavy atom. The number of nitrogens with zero attached hydrogens (tertiary/aromatic N) is 2. The maximum Gasteiger partial charge on any atom is 0.252 e. The van der Waals surface area contributed by atoms with Crippen molar-refractivity contribution in [2.24, 2.45) is 5.92 Å². The fourth-order valence-corrected chi connectivity index (χ4v) is 2.90. The molecule has 1 saturated carbocycles. The average Bonchev–Trinajstić information content (AvgIpc) is 2.50. The SMILES string of the molecule is Nc1nc(CC(=O)N[C@@H](c2ccccn2)C2CC(O)C2)cc(=O)[nH]1. The molecule has 0 unspecified atom stereocenters. The van der Waals surface area contributed by atoms with Crippen molar-refractivity contribution in [2.75, 3.05) is 5.73 Å². The largest absolute Gasteiger partial charge is 0.393 e. The first-order chi connectivity index (χ1) is 11.5. The molecule has 24 heavy (non-hydrogen) atoms. The van der Waals surface area contributed by atoms with Crippen LogP contribution in [0.15, 0.2) is 35.3 Å². The molecule has 2 heterocycles. The van der Waals surface area contributed by atoms with E-state index in [0.29, 0.717) is 18.5 Å². The second-order valence-electron chi connectivity index (χ2n) is 5.98. The van der Waals surface area contributed by atoms with Gasteiger partial charge in [0.1, 0.15) is 0 Å². The Hall–Kier alpha value is -2.74. The van der Waals surface area contributed by atoms with Gasteiger partial charge in [0, 0.05) is 12.3 Å². The maximum absolute atomic E-state index is 12.4. The zero-order chi connectivity index (χ0) is 17.1. The van der Waals surface area contributed by atoms with Gasteiger partial charge in [0.25, 0.3) is 5.56 Å². The van der Waals surface area contributed by atoms with Crippen LogP contribution in [0.25, 0.3) is 0 Å². The molecule has 0 aliphatic heterocycles. The third-order valence-corrected chi connectivity index (χ3v) is 4.10. The fraction of sp³-hybridized carbons (Fsp3) is 0.375. The van der Waals surface area contributed by atoms with Crippen molar-refractivity contribution < 1.29 is 9.90 Å². The second kappa shape index (κ2) is 6.79. The molecule has 1 aliphatic carbocycles. The smallest absolute Gasteiger partial charge is 0.252 e. The van der Waals surface area contributed by atoms with Gasteiger partial charge in [0.2, 0.25) is 11.9 Å². The van der Waals surface area contributed by atoms with Crippen molar-refractivity contribution in [3.05, 3.63) is 52.2 Å². The van der Waals surface area contributed by atoms with E-state index in [1.165, 1.54) is 6.07 Å². The van der Waals surface area contributed by atoms with Gasteiger partial charge in [-0.3, -0.25) is 19.6 Å². The van der Waals surface area contributed by atoms with Crippen molar-refractivity contribution in [2.45, 2.75) is 31.4 Å². The van der Waals surface area contributed by atoms with Crippen LogP contribution in [0.4, 0.5) is 5.95 Å². The number of carbonyl (C=O) groups excluding carboxylic acids is 1. The van der Waals surface area contributed by atoms with E-state index in [9.17, 15) is 14.7 Å². The number of rotatable bonds is 5. The van der Waals surface area contributed by atoms with Crippen LogP contribution in [0.3, 0.4) is 0 Å². The van der Waals surface area contributed by atoms with Gasteiger partial charge >= 0.3 is 0 Å². The summed E-state index contributed by atoms with van der Waals surface area (Å²) in [6.07, 6.45) is 2.54. The summed E-state index contributed by atoms with van der Waals surface area (Å²) >= 11 is 0. The Morgan fingerprint density at radius 2 is 2.25 bits per heavy atom. The minimum Gasteiger partial charge on any atom is -0.393 e. The lowest BCUT2D eigenvalue weighted by Gasteiger charge is -2.37. The van der Waals surface area contributed by atoms with Gasteiger partial charge in [0.15, 0.2) is 0 Å². The zero-order valence-electron chi connectivity index (χ0n) is 13.0. The zero-order valence-corrected chi connectivity index (χ0v) is 13.0. The first-order valence-electron chi connectivity index (χ1n) is 7.75. The topological polar surface area (TPSA) is 134 Å². The minimum absolute atomic E-state index is 0.0197. The number of aliphatic hydroxyl groups is 1. The first kappa shape index (κ1) is 16.1. The molecular formula is C16H19N5O3. The average molecular weight is 329 g/mol. The predicted octanol–water partition coefficient (Wildman–Crippen LogP) is -0.0820. The Kier molecular flexibility index (Phi) is 4.57. The molecule has 1 fully saturated rings. The summed E-state index contributed by atoms with van der Waals surface area (Å²) in [5.74, 6) is -0.158. The molecule has 2 aromatic rings. The number of nitrogen functional groups attached to an aromatic ring is 1. The molecular weight excluding hydrogens is 310 g/mol. The van der Waals surface area contributed by atoms with E-state index in [2.05, 4.69) is 20.3 Å². The molecule has 8 nitrogen and oxygen atoms in total. The predicted molar refractivity (Wildman–Crippen MR) is 86.8 cm³/mol. The number of amides is 1. The number of H-pyrrole nitrogens is 1. The van der Waals surface area contributed by atoms with Gasteiger partial charge in [-0.15, -0.1) is 0 Å². The Labute approximate surface area is 138 Å². The van der Waals surface area contributed by atoms with Gasteiger partial charge in [-0.05, 0) is 30.9 Å². The fourth-order valence-electron chi connectivity index (χ4n) is 2.90. The Bertz CT molecular complexity index is 771. The standard InChI is InChI=1S/C16H19N5O3/c17-16-19-10(8-14(24)21-16)7-13(23)20-15(9-5-11(22)6-9)12-3-1-2-4-18-12/h1-4,8-9,11,15,22H,5-7H2,(H,20,23)(H3,17,19,21,24)/t9?,11?,15-/m1/s1. The second-order valence-corrected chi connectivity index (χ2v) is 5.98. The summed E-state index contributed by atoms with van der Waals surface area (Å²) in [6, 6.07) is 6.48. The lowest BCUT2D eigenvalue weighted by molar-refractivity contribution is -0.122.